The lowest BCUT2D eigenvalue weighted by Gasteiger charge is -1.86. The van der Waals surface area contributed by atoms with Crippen molar-refractivity contribution in [2.24, 2.45) is 0 Å². The minimum absolute atomic E-state index is 0.130. The third kappa shape index (κ3) is 3.78. The number of aliphatic carboxylic acids is 1. The van der Waals surface area contributed by atoms with Gasteiger partial charge >= 0.3 is 5.97 Å². The van der Waals surface area contributed by atoms with Gasteiger partial charge in [0.25, 0.3) is 0 Å². The van der Waals surface area contributed by atoms with E-state index in [0.717, 1.165) is 6.08 Å². The van der Waals surface area contributed by atoms with E-state index in [9.17, 15) is 9.59 Å². The lowest BCUT2D eigenvalue weighted by Crippen LogP contribution is -1.94. The minimum Gasteiger partial charge on any atom is -0.478 e. The molecule has 50 valence electrons. The van der Waals surface area contributed by atoms with Crippen molar-refractivity contribution in [2.45, 2.75) is 6.92 Å². The van der Waals surface area contributed by atoms with Gasteiger partial charge in [-0.3, -0.25) is 4.79 Å². The van der Waals surface area contributed by atoms with Gasteiger partial charge in [-0.2, -0.15) is 0 Å². The van der Waals surface area contributed by atoms with E-state index >= 15 is 0 Å². The Kier molecular flexibility index (Phi) is 3.01. The normalized spacial score (nSPS) is 11.1. The van der Waals surface area contributed by atoms with Crippen molar-refractivity contribution in [2.75, 3.05) is 0 Å². The zero-order valence-corrected chi connectivity index (χ0v) is 5.68. The molecule has 0 aromatic rings. The van der Waals surface area contributed by atoms with Crippen LogP contribution in [0.5, 0.6) is 0 Å². The largest absolute Gasteiger partial charge is 0.478 e. The summed E-state index contributed by atoms with van der Waals surface area (Å²) in [4.78, 5) is 20.1. The Morgan fingerprint density at radius 3 is 2.11 bits per heavy atom. The fourth-order valence-electron chi connectivity index (χ4n) is 0.247. The van der Waals surface area contributed by atoms with Gasteiger partial charge in [-0.05, 0) is 6.92 Å². The molecule has 0 radical (unpaired) electrons. The van der Waals surface area contributed by atoms with Gasteiger partial charge in [-0.25, -0.2) is 4.79 Å². The topological polar surface area (TPSA) is 54.4 Å². The molecule has 0 aliphatic heterocycles. The van der Waals surface area contributed by atoms with Crippen molar-refractivity contribution in [1.82, 2.24) is 0 Å². The smallest absolute Gasteiger partial charge is 0.328 e. The molecular weight excluding hydrogens is 140 g/mol. The summed E-state index contributed by atoms with van der Waals surface area (Å²) in [6.45, 7) is 1.39. The highest BCUT2D eigenvalue weighted by Crippen LogP contribution is 1.96. The van der Waals surface area contributed by atoms with Crippen LogP contribution < -0.4 is 0 Å². The first-order chi connectivity index (χ1) is 4.04. The highest BCUT2D eigenvalue weighted by Gasteiger charge is 1.98. The van der Waals surface area contributed by atoms with E-state index < -0.39 is 11.1 Å². The highest BCUT2D eigenvalue weighted by molar-refractivity contribution is 7.97. The van der Waals surface area contributed by atoms with Crippen molar-refractivity contribution in [1.29, 1.82) is 0 Å². The summed E-state index contributed by atoms with van der Waals surface area (Å²) in [7, 11) is 0. The number of hydrogen-bond acceptors (Lipinski definition) is 2. The molecule has 0 aliphatic rings. The molecule has 0 unspecified atom stereocenters. The SMILES string of the molecule is C/C(=C\C(=O)O)C(=O)S. The lowest BCUT2D eigenvalue weighted by molar-refractivity contribution is -0.131. The fourth-order valence-corrected chi connectivity index (χ4v) is 0.312. The summed E-state index contributed by atoms with van der Waals surface area (Å²) < 4.78 is 0. The summed E-state index contributed by atoms with van der Waals surface area (Å²) in [5.41, 5.74) is 0.130. The molecule has 0 bridgehead atoms. The van der Waals surface area contributed by atoms with Crippen LogP contribution in [0, 0.1) is 0 Å². The Bertz CT molecular complexity index is 171. The molecule has 4 heteroatoms. The van der Waals surface area contributed by atoms with Gasteiger partial charge in [-0.15, -0.1) is 12.6 Å². The molecule has 9 heavy (non-hydrogen) atoms. The molecule has 0 fully saturated rings. The van der Waals surface area contributed by atoms with Crippen molar-refractivity contribution in [3.63, 3.8) is 0 Å². The van der Waals surface area contributed by atoms with Crippen LogP contribution in [-0.2, 0) is 9.59 Å². The van der Waals surface area contributed by atoms with Crippen LogP contribution in [0.15, 0.2) is 11.6 Å². The summed E-state index contributed by atoms with van der Waals surface area (Å²) in [5, 5.41) is 7.55. The van der Waals surface area contributed by atoms with Gasteiger partial charge in [0.15, 0.2) is 0 Å². The third-order valence-corrected chi connectivity index (χ3v) is 1.03. The van der Waals surface area contributed by atoms with E-state index in [1.807, 2.05) is 0 Å². The van der Waals surface area contributed by atoms with Crippen LogP contribution in [0.4, 0.5) is 0 Å². The second kappa shape index (κ2) is 3.29. The van der Waals surface area contributed by atoms with Gasteiger partial charge < -0.3 is 5.11 Å². The van der Waals surface area contributed by atoms with Crippen LogP contribution in [0.2, 0.25) is 0 Å². The molecule has 0 aromatic heterocycles. The Morgan fingerprint density at radius 2 is 2.00 bits per heavy atom. The van der Waals surface area contributed by atoms with Crippen molar-refractivity contribution in [3.8, 4) is 0 Å². The second-order valence-electron chi connectivity index (χ2n) is 1.47. The predicted molar refractivity (Wildman–Crippen MR) is 35.4 cm³/mol. The van der Waals surface area contributed by atoms with E-state index in [4.69, 9.17) is 5.11 Å². The van der Waals surface area contributed by atoms with E-state index in [2.05, 4.69) is 12.6 Å². The first-order valence-electron chi connectivity index (χ1n) is 2.18. The highest BCUT2D eigenvalue weighted by atomic mass is 32.1. The number of carboxylic acids is 1. The summed E-state index contributed by atoms with van der Waals surface area (Å²) in [5.74, 6) is -1.13. The lowest BCUT2D eigenvalue weighted by atomic mass is 10.3. The maximum atomic E-state index is 10.2. The van der Waals surface area contributed by atoms with E-state index in [-0.39, 0.29) is 5.57 Å². The van der Waals surface area contributed by atoms with Gasteiger partial charge in [0.1, 0.15) is 0 Å². The number of carbonyl (C=O) groups excluding carboxylic acids is 1. The third-order valence-electron chi connectivity index (χ3n) is 0.677. The Labute approximate surface area is 57.8 Å². The first-order valence-corrected chi connectivity index (χ1v) is 2.63. The summed E-state index contributed by atoms with van der Waals surface area (Å²) in [6.07, 6.45) is 0.815. The second-order valence-corrected chi connectivity index (χ2v) is 1.88. The summed E-state index contributed by atoms with van der Waals surface area (Å²) >= 11 is 3.40. The molecule has 0 saturated heterocycles. The van der Waals surface area contributed by atoms with Crippen LogP contribution in [0.1, 0.15) is 6.92 Å². The maximum absolute atomic E-state index is 10.2. The van der Waals surface area contributed by atoms with E-state index in [0.29, 0.717) is 0 Å². The Hall–Kier alpha value is -0.770. The number of hydrogen-bond donors (Lipinski definition) is 2. The number of carbonyl (C=O) groups is 2. The molecule has 1 N–H and O–H groups in total. The monoisotopic (exact) mass is 146 g/mol. The predicted octanol–water partition coefficient (Wildman–Crippen LogP) is 0.474. The van der Waals surface area contributed by atoms with Gasteiger partial charge in [0.2, 0.25) is 5.12 Å². The fraction of sp³-hybridized carbons (Fsp3) is 0.200. The zero-order valence-electron chi connectivity index (χ0n) is 4.79. The van der Waals surface area contributed by atoms with E-state index in [1.165, 1.54) is 6.92 Å². The molecule has 3 nitrogen and oxygen atoms in total. The molecule has 0 aliphatic carbocycles. The number of rotatable bonds is 2. The first kappa shape index (κ1) is 8.23. The van der Waals surface area contributed by atoms with Crippen LogP contribution in [-0.4, -0.2) is 16.2 Å². The molecule has 0 aromatic carbocycles. The average Bonchev–Trinajstić information content (AvgIpc) is 1.63. The van der Waals surface area contributed by atoms with Crippen molar-refractivity contribution >= 4 is 23.7 Å². The van der Waals surface area contributed by atoms with Crippen molar-refractivity contribution in [3.05, 3.63) is 11.6 Å². The molecule has 0 spiro atoms. The van der Waals surface area contributed by atoms with Gasteiger partial charge in [0, 0.05) is 11.6 Å². The Morgan fingerprint density at radius 1 is 1.56 bits per heavy atom. The quantitative estimate of drug-likeness (QED) is 0.440. The molecule has 0 atom stereocenters. The molecule has 0 saturated carbocycles. The number of thiol groups is 1. The van der Waals surface area contributed by atoms with Crippen LogP contribution >= 0.6 is 12.6 Å². The standard InChI is InChI=1S/C5H6O3S/c1-3(5(8)9)2-4(6)7/h2H,1H3,(H,6,7)(H,8,9)/b3-2+. The van der Waals surface area contributed by atoms with Crippen molar-refractivity contribution < 1.29 is 14.7 Å². The maximum Gasteiger partial charge on any atom is 0.328 e. The number of carboxylic acid groups (broad SMARTS) is 1. The molecule has 0 rings (SSSR count). The average molecular weight is 146 g/mol. The van der Waals surface area contributed by atoms with Gasteiger partial charge in [0.05, 0.1) is 0 Å². The zero-order chi connectivity index (χ0) is 7.44. The Balaban J connectivity index is 4.17. The molecule has 0 heterocycles. The molecule has 0 amide bonds. The summed E-state index contributed by atoms with van der Waals surface area (Å²) in [6, 6.07) is 0. The van der Waals surface area contributed by atoms with Crippen LogP contribution in [0.25, 0.3) is 0 Å². The minimum atomic E-state index is -1.13. The van der Waals surface area contributed by atoms with Gasteiger partial charge in [-0.1, -0.05) is 0 Å². The molecular formula is C5H6O3S. The van der Waals surface area contributed by atoms with Crippen LogP contribution in [0.3, 0.4) is 0 Å². The van der Waals surface area contributed by atoms with E-state index in [1.54, 1.807) is 0 Å².